The van der Waals surface area contributed by atoms with Gasteiger partial charge in [-0.1, -0.05) is 29.8 Å². The van der Waals surface area contributed by atoms with Crippen molar-refractivity contribution in [1.29, 1.82) is 0 Å². The molecule has 0 radical (unpaired) electrons. The van der Waals surface area contributed by atoms with Crippen molar-refractivity contribution in [2.75, 3.05) is 6.61 Å². The van der Waals surface area contributed by atoms with Gasteiger partial charge in [0, 0.05) is 6.54 Å². The van der Waals surface area contributed by atoms with E-state index in [4.69, 9.17) is 16.3 Å². The van der Waals surface area contributed by atoms with Gasteiger partial charge in [0.25, 0.3) is 5.91 Å². The number of halogens is 2. The summed E-state index contributed by atoms with van der Waals surface area (Å²) in [7, 11) is 0. The number of carbonyl (C=O) groups excluding carboxylic acids is 1. The largest absolute Gasteiger partial charge is 0.482 e. The molecule has 116 valence electrons. The van der Waals surface area contributed by atoms with Gasteiger partial charge in [-0.25, -0.2) is 4.39 Å². The average molecular weight is 322 g/mol. The van der Waals surface area contributed by atoms with Crippen molar-refractivity contribution in [3.05, 3.63) is 63.9 Å². The van der Waals surface area contributed by atoms with E-state index in [1.807, 2.05) is 13.0 Å². The number of aryl methyl sites for hydroxylation is 2. The van der Waals surface area contributed by atoms with Crippen LogP contribution < -0.4 is 10.1 Å². The lowest BCUT2D eigenvalue weighted by molar-refractivity contribution is -0.123. The highest BCUT2D eigenvalue weighted by Gasteiger charge is 2.07. The Balaban J connectivity index is 1.85. The zero-order valence-electron chi connectivity index (χ0n) is 12.5. The number of rotatable bonds is 5. The molecule has 5 heteroatoms. The number of benzene rings is 2. The first-order chi connectivity index (χ1) is 10.5. The molecule has 0 atom stereocenters. The van der Waals surface area contributed by atoms with Crippen LogP contribution >= 0.6 is 11.6 Å². The molecule has 0 fully saturated rings. The number of hydrogen-bond acceptors (Lipinski definition) is 2. The Morgan fingerprint density at radius 1 is 1.23 bits per heavy atom. The maximum absolute atomic E-state index is 13.4. The molecule has 0 spiro atoms. The number of hydrogen-bond donors (Lipinski definition) is 1. The molecule has 0 heterocycles. The van der Waals surface area contributed by atoms with Crippen LogP contribution in [-0.4, -0.2) is 12.5 Å². The number of carbonyl (C=O) groups is 1. The molecule has 0 unspecified atom stereocenters. The second kappa shape index (κ2) is 7.27. The van der Waals surface area contributed by atoms with Gasteiger partial charge in [-0.05, 0) is 48.7 Å². The van der Waals surface area contributed by atoms with Gasteiger partial charge < -0.3 is 10.1 Å². The molecule has 0 bridgehead atoms. The van der Waals surface area contributed by atoms with E-state index in [2.05, 4.69) is 5.32 Å². The minimum absolute atomic E-state index is 0.141. The molecule has 2 aromatic rings. The number of ether oxygens (including phenoxy) is 1. The van der Waals surface area contributed by atoms with Gasteiger partial charge >= 0.3 is 0 Å². The molecule has 3 nitrogen and oxygen atoms in total. The van der Waals surface area contributed by atoms with Crippen LogP contribution in [0.1, 0.15) is 16.7 Å². The van der Waals surface area contributed by atoms with E-state index in [0.29, 0.717) is 21.9 Å². The fourth-order valence-corrected chi connectivity index (χ4v) is 2.03. The van der Waals surface area contributed by atoms with Crippen LogP contribution in [0.5, 0.6) is 5.75 Å². The van der Waals surface area contributed by atoms with E-state index in [1.54, 1.807) is 31.2 Å². The molecule has 2 aromatic carbocycles. The topological polar surface area (TPSA) is 38.3 Å². The summed E-state index contributed by atoms with van der Waals surface area (Å²) < 4.78 is 18.8. The Bertz CT molecular complexity index is 688. The molecule has 0 saturated heterocycles. The lowest BCUT2D eigenvalue weighted by Gasteiger charge is -2.10. The van der Waals surface area contributed by atoms with Crippen molar-refractivity contribution >= 4 is 17.5 Å². The monoisotopic (exact) mass is 321 g/mol. The lowest BCUT2D eigenvalue weighted by Crippen LogP contribution is -2.28. The Morgan fingerprint density at radius 2 is 2.00 bits per heavy atom. The van der Waals surface area contributed by atoms with E-state index < -0.39 is 0 Å². The van der Waals surface area contributed by atoms with E-state index in [-0.39, 0.29) is 24.9 Å². The maximum Gasteiger partial charge on any atom is 0.258 e. The first-order valence-electron chi connectivity index (χ1n) is 6.86. The van der Waals surface area contributed by atoms with Crippen molar-refractivity contribution in [1.82, 2.24) is 5.32 Å². The summed E-state index contributed by atoms with van der Waals surface area (Å²) in [5.74, 6) is -0.105. The Kier molecular flexibility index (Phi) is 5.39. The first-order valence-corrected chi connectivity index (χ1v) is 7.24. The van der Waals surface area contributed by atoms with Gasteiger partial charge in [0.2, 0.25) is 0 Å². The van der Waals surface area contributed by atoms with Crippen LogP contribution in [0.3, 0.4) is 0 Å². The zero-order chi connectivity index (χ0) is 16.1. The highest BCUT2D eigenvalue weighted by Crippen LogP contribution is 2.25. The third-order valence-corrected chi connectivity index (χ3v) is 3.48. The summed E-state index contributed by atoms with van der Waals surface area (Å²) in [6.45, 7) is 3.71. The highest BCUT2D eigenvalue weighted by molar-refractivity contribution is 6.32. The van der Waals surface area contributed by atoms with Crippen LogP contribution in [0.15, 0.2) is 36.4 Å². The van der Waals surface area contributed by atoms with E-state index in [1.165, 1.54) is 6.07 Å². The number of amides is 1. The number of nitrogens with one attached hydrogen (secondary N) is 1. The van der Waals surface area contributed by atoms with Gasteiger partial charge in [0.1, 0.15) is 11.6 Å². The molecule has 0 aliphatic heterocycles. The Labute approximate surface area is 134 Å². The van der Waals surface area contributed by atoms with Crippen molar-refractivity contribution in [2.45, 2.75) is 20.4 Å². The molecule has 2 rings (SSSR count). The smallest absolute Gasteiger partial charge is 0.258 e. The fourth-order valence-electron chi connectivity index (χ4n) is 1.86. The van der Waals surface area contributed by atoms with Crippen LogP contribution in [0.4, 0.5) is 4.39 Å². The van der Waals surface area contributed by atoms with Gasteiger partial charge in [-0.2, -0.15) is 0 Å². The van der Waals surface area contributed by atoms with Crippen LogP contribution in [0, 0.1) is 19.7 Å². The molecular formula is C17H17ClFNO2. The summed E-state index contributed by atoms with van der Waals surface area (Å²) in [6.07, 6.45) is 0. The summed E-state index contributed by atoms with van der Waals surface area (Å²) in [6, 6.07) is 10.2. The molecule has 1 N–H and O–H groups in total. The van der Waals surface area contributed by atoms with E-state index in [9.17, 15) is 9.18 Å². The highest BCUT2D eigenvalue weighted by atomic mass is 35.5. The van der Waals surface area contributed by atoms with E-state index >= 15 is 0 Å². The normalized spacial score (nSPS) is 10.4. The molecule has 0 saturated carbocycles. The van der Waals surface area contributed by atoms with Gasteiger partial charge in [-0.15, -0.1) is 0 Å². The summed E-state index contributed by atoms with van der Waals surface area (Å²) in [4.78, 5) is 11.8. The maximum atomic E-state index is 13.4. The van der Waals surface area contributed by atoms with Gasteiger partial charge in [-0.3, -0.25) is 4.79 Å². The predicted molar refractivity (Wildman–Crippen MR) is 84.7 cm³/mol. The first kappa shape index (κ1) is 16.3. The summed E-state index contributed by atoms with van der Waals surface area (Å²) in [5.41, 5.74) is 2.27. The van der Waals surface area contributed by atoms with Crippen molar-refractivity contribution in [2.24, 2.45) is 0 Å². The average Bonchev–Trinajstić information content (AvgIpc) is 2.49. The molecule has 1 amide bonds. The summed E-state index contributed by atoms with van der Waals surface area (Å²) >= 11 is 5.99. The van der Waals surface area contributed by atoms with Crippen molar-refractivity contribution in [3.63, 3.8) is 0 Å². The van der Waals surface area contributed by atoms with E-state index in [0.717, 1.165) is 5.56 Å². The Hall–Kier alpha value is -2.07. The molecule has 0 aliphatic carbocycles. The van der Waals surface area contributed by atoms with Gasteiger partial charge in [0.05, 0.1) is 5.02 Å². The van der Waals surface area contributed by atoms with Crippen LogP contribution in [0.2, 0.25) is 5.02 Å². The zero-order valence-corrected chi connectivity index (χ0v) is 13.2. The molecular weight excluding hydrogens is 305 g/mol. The quantitative estimate of drug-likeness (QED) is 0.910. The SMILES string of the molecule is Cc1ccc(Cl)c(OCC(=O)NCc2ccc(C)c(F)c2)c1. The Morgan fingerprint density at radius 3 is 2.73 bits per heavy atom. The van der Waals surface area contributed by atoms with Crippen LogP contribution in [-0.2, 0) is 11.3 Å². The predicted octanol–water partition coefficient (Wildman–Crippen LogP) is 3.79. The third kappa shape index (κ3) is 4.46. The second-order valence-corrected chi connectivity index (χ2v) is 5.49. The molecule has 0 aliphatic rings. The minimum atomic E-state index is -0.293. The summed E-state index contributed by atoms with van der Waals surface area (Å²) in [5, 5.41) is 3.13. The molecule has 0 aromatic heterocycles. The fraction of sp³-hybridized carbons (Fsp3) is 0.235. The standard InChI is InChI=1S/C17H17ClFNO2/c1-11-3-6-14(18)16(7-11)22-10-17(21)20-9-13-5-4-12(2)15(19)8-13/h3-8H,9-10H2,1-2H3,(H,20,21). The third-order valence-electron chi connectivity index (χ3n) is 3.17. The van der Waals surface area contributed by atoms with Crippen molar-refractivity contribution in [3.8, 4) is 5.75 Å². The van der Waals surface area contributed by atoms with Crippen molar-refractivity contribution < 1.29 is 13.9 Å². The lowest BCUT2D eigenvalue weighted by atomic mass is 10.1. The molecule has 22 heavy (non-hydrogen) atoms. The van der Waals surface area contributed by atoms with Crippen LogP contribution in [0.25, 0.3) is 0 Å². The second-order valence-electron chi connectivity index (χ2n) is 5.08. The minimum Gasteiger partial charge on any atom is -0.482 e. The van der Waals surface area contributed by atoms with Gasteiger partial charge in [0.15, 0.2) is 6.61 Å².